The molecule has 0 radical (unpaired) electrons. The molecule has 0 fully saturated rings. The van der Waals surface area contributed by atoms with Crippen LogP contribution < -0.4 is 5.32 Å². The van der Waals surface area contributed by atoms with Gasteiger partial charge in [0, 0.05) is 27.0 Å². The van der Waals surface area contributed by atoms with Gasteiger partial charge in [-0.25, -0.2) is 4.79 Å². The van der Waals surface area contributed by atoms with Crippen LogP contribution in [-0.2, 0) is 4.74 Å². The van der Waals surface area contributed by atoms with Crippen LogP contribution >= 0.6 is 54.5 Å². The third kappa shape index (κ3) is 4.64. The molecule has 7 nitrogen and oxygen atoms in total. The van der Waals surface area contributed by atoms with Gasteiger partial charge < -0.3 is 10.1 Å². The van der Waals surface area contributed by atoms with Crippen molar-refractivity contribution in [2.45, 2.75) is 13.8 Å². The maximum Gasteiger partial charge on any atom is 0.341 e. The fourth-order valence-corrected chi connectivity index (χ4v) is 5.74. The van der Waals surface area contributed by atoms with Gasteiger partial charge >= 0.3 is 5.97 Å². The van der Waals surface area contributed by atoms with E-state index in [1.807, 2.05) is 6.92 Å². The monoisotopic (exact) mass is 572 g/mol. The van der Waals surface area contributed by atoms with Gasteiger partial charge in [-0.3, -0.25) is 14.9 Å². The van der Waals surface area contributed by atoms with E-state index in [4.69, 9.17) is 4.74 Å². The molecule has 1 aromatic carbocycles. The molecule has 3 aromatic rings. The number of ether oxygens (including phenoxy) is 1. The van der Waals surface area contributed by atoms with E-state index in [9.17, 15) is 19.7 Å². The molecule has 1 N–H and O–H groups in total. The van der Waals surface area contributed by atoms with Crippen LogP contribution in [0.15, 0.2) is 38.6 Å². The molecule has 2 aromatic heterocycles. The van der Waals surface area contributed by atoms with Gasteiger partial charge in [0.1, 0.15) is 10.6 Å². The van der Waals surface area contributed by atoms with Crippen molar-refractivity contribution < 1.29 is 19.2 Å². The predicted molar refractivity (Wildman–Crippen MR) is 125 cm³/mol. The first-order chi connectivity index (χ1) is 14.2. The topological polar surface area (TPSA) is 98.5 Å². The summed E-state index contributed by atoms with van der Waals surface area (Å²) in [5, 5.41) is 14.1. The van der Waals surface area contributed by atoms with Crippen molar-refractivity contribution in [1.29, 1.82) is 0 Å². The number of nitrogens with zero attached hydrogens (tertiary/aromatic N) is 1. The fourth-order valence-electron chi connectivity index (χ4n) is 2.75. The number of hydrogen-bond donors (Lipinski definition) is 1. The van der Waals surface area contributed by atoms with Crippen LogP contribution in [0.25, 0.3) is 11.1 Å². The molecule has 0 bridgehead atoms. The van der Waals surface area contributed by atoms with E-state index in [0.717, 1.165) is 13.1 Å². The molecule has 0 atom stereocenters. The number of halogens is 2. The van der Waals surface area contributed by atoms with Crippen molar-refractivity contribution in [2.75, 3.05) is 11.9 Å². The van der Waals surface area contributed by atoms with Crippen LogP contribution in [0.2, 0.25) is 0 Å². The Kier molecular flexibility index (Phi) is 7.06. The number of anilines is 1. The molecule has 0 aliphatic rings. The lowest BCUT2D eigenvalue weighted by Crippen LogP contribution is -2.13. The Morgan fingerprint density at radius 2 is 1.87 bits per heavy atom. The van der Waals surface area contributed by atoms with E-state index in [0.29, 0.717) is 21.0 Å². The Labute approximate surface area is 196 Å². The molecular formula is C19H14Br2N2O5S2. The van der Waals surface area contributed by atoms with Crippen molar-refractivity contribution in [1.82, 2.24) is 0 Å². The predicted octanol–water partition coefficient (Wildman–Crippen LogP) is 6.65. The van der Waals surface area contributed by atoms with E-state index in [1.165, 1.54) is 34.8 Å². The Bertz CT molecular complexity index is 1120. The molecule has 1 amide bonds. The van der Waals surface area contributed by atoms with Crippen LogP contribution in [-0.4, -0.2) is 23.4 Å². The molecule has 3 rings (SSSR count). The Hall–Kier alpha value is -2.08. The van der Waals surface area contributed by atoms with Gasteiger partial charge in [-0.15, -0.1) is 22.7 Å². The molecule has 11 heteroatoms. The van der Waals surface area contributed by atoms with Crippen LogP contribution in [0.1, 0.15) is 31.8 Å². The smallest absolute Gasteiger partial charge is 0.341 e. The van der Waals surface area contributed by atoms with E-state index >= 15 is 0 Å². The molecule has 30 heavy (non-hydrogen) atoms. The van der Waals surface area contributed by atoms with Gasteiger partial charge in [-0.2, -0.15) is 0 Å². The average Bonchev–Trinajstić information content (AvgIpc) is 3.21. The molecular weight excluding hydrogens is 560 g/mol. The number of hydrogen-bond acceptors (Lipinski definition) is 7. The van der Waals surface area contributed by atoms with Crippen LogP contribution in [0.5, 0.6) is 0 Å². The number of nitrogens with one attached hydrogen (secondary N) is 1. The second kappa shape index (κ2) is 9.38. The fraction of sp³-hybridized carbons (Fsp3) is 0.158. The third-order valence-corrected chi connectivity index (χ3v) is 8.30. The number of rotatable bonds is 6. The standard InChI is InChI=1S/C19H14Br2N2O5S2/c1-3-28-19(25)15-14(10-4-6-11(7-5-10)23(26)27)9(2)29-18(15)22-17(24)13-8-12(20)16(21)30-13/h4-8H,3H2,1-2H3,(H,22,24). The molecule has 0 aliphatic heterocycles. The largest absolute Gasteiger partial charge is 0.462 e. The summed E-state index contributed by atoms with van der Waals surface area (Å²) in [6.07, 6.45) is 0. The average molecular weight is 574 g/mol. The van der Waals surface area contributed by atoms with Gasteiger partial charge in [-0.1, -0.05) is 0 Å². The van der Waals surface area contributed by atoms with Crippen molar-refractivity contribution in [3.63, 3.8) is 0 Å². The summed E-state index contributed by atoms with van der Waals surface area (Å²) in [6.45, 7) is 3.69. The summed E-state index contributed by atoms with van der Waals surface area (Å²) in [5.41, 5.74) is 1.39. The minimum atomic E-state index is -0.570. The number of non-ortho nitro benzene ring substituents is 1. The van der Waals surface area contributed by atoms with Gasteiger partial charge in [-0.05, 0) is 69.5 Å². The summed E-state index contributed by atoms with van der Waals surface area (Å²) in [7, 11) is 0. The first kappa shape index (κ1) is 22.6. The van der Waals surface area contributed by atoms with Gasteiger partial charge in [0.15, 0.2) is 0 Å². The number of nitro benzene ring substituents is 1. The van der Waals surface area contributed by atoms with E-state index in [-0.39, 0.29) is 23.8 Å². The molecule has 0 saturated heterocycles. The summed E-state index contributed by atoms with van der Waals surface area (Å²) >= 11 is 9.23. The van der Waals surface area contributed by atoms with Crippen molar-refractivity contribution in [3.8, 4) is 11.1 Å². The third-order valence-electron chi connectivity index (χ3n) is 4.03. The maximum atomic E-state index is 12.7. The zero-order valence-corrected chi connectivity index (χ0v) is 20.5. The molecule has 2 heterocycles. The van der Waals surface area contributed by atoms with Crippen LogP contribution in [0.3, 0.4) is 0 Å². The lowest BCUT2D eigenvalue weighted by atomic mass is 10.0. The summed E-state index contributed by atoms with van der Waals surface area (Å²) in [4.78, 5) is 37.2. The van der Waals surface area contributed by atoms with Crippen LogP contribution in [0.4, 0.5) is 10.7 Å². The Morgan fingerprint density at radius 1 is 1.20 bits per heavy atom. The Morgan fingerprint density at radius 3 is 2.40 bits per heavy atom. The SMILES string of the molecule is CCOC(=O)c1c(NC(=O)c2cc(Br)c(Br)s2)sc(C)c1-c1ccc([N+](=O)[O-])cc1. The number of amides is 1. The normalized spacial score (nSPS) is 10.7. The highest BCUT2D eigenvalue weighted by Crippen LogP contribution is 2.41. The minimum absolute atomic E-state index is 0.0494. The molecule has 0 unspecified atom stereocenters. The van der Waals surface area contributed by atoms with Gasteiger partial charge in [0.2, 0.25) is 0 Å². The van der Waals surface area contributed by atoms with E-state index in [2.05, 4.69) is 37.2 Å². The number of carbonyl (C=O) groups is 2. The number of esters is 1. The lowest BCUT2D eigenvalue weighted by Gasteiger charge is -2.09. The number of carbonyl (C=O) groups excluding carboxylic acids is 2. The number of thiophene rings is 2. The number of aryl methyl sites for hydroxylation is 1. The second-order valence-corrected chi connectivity index (χ2v) is 10.4. The van der Waals surface area contributed by atoms with Crippen LogP contribution in [0, 0.1) is 17.0 Å². The zero-order valence-electron chi connectivity index (χ0n) is 15.7. The summed E-state index contributed by atoms with van der Waals surface area (Å²) < 4.78 is 6.76. The van der Waals surface area contributed by atoms with E-state index < -0.39 is 10.9 Å². The minimum Gasteiger partial charge on any atom is -0.462 e. The summed E-state index contributed by atoms with van der Waals surface area (Å²) in [6, 6.07) is 7.59. The van der Waals surface area contributed by atoms with Gasteiger partial charge in [0.05, 0.1) is 20.2 Å². The van der Waals surface area contributed by atoms with E-state index in [1.54, 1.807) is 25.1 Å². The first-order valence-electron chi connectivity index (χ1n) is 8.54. The second-order valence-electron chi connectivity index (χ2n) is 5.95. The number of nitro groups is 1. The first-order valence-corrected chi connectivity index (χ1v) is 11.8. The van der Waals surface area contributed by atoms with Crippen molar-refractivity contribution in [2.24, 2.45) is 0 Å². The number of benzene rings is 1. The quantitative estimate of drug-likeness (QED) is 0.202. The van der Waals surface area contributed by atoms with Crippen molar-refractivity contribution >= 4 is 77.1 Å². The molecule has 0 spiro atoms. The lowest BCUT2D eigenvalue weighted by molar-refractivity contribution is -0.384. The molecule has 0 aliphatic carbocycles. The molecule has 0 saturated carbocycles. The van der Waals surface area contributed by atoms with Crippen molar-refractivity contribution in [3.05, 3.63) is 64.0 Å². The Balaban J connectivity index is 2.05. The highest BCUT2D eigenvalue weighted by molar-refractivity contribution is 9.13. The maximum absolute atomic E-state index is 12.7. The zero-order chi connectivity index (χ0) is 22.0. The molecule has 156 valence electrons. The van der Waals surface area contributed by atoms with Gasteiger partial charge in [0.25, 0.3) is 11.6 Å². The summed E-state index contributed by atoms with van der Waals surface area (Å²) in [5.74, 6) is -0.924. The highest BCUT2D eigenvalue weighted by Gasteiger charge is 2.26. The highest BCUT2D eigenvalue weighted by atomic mass is 79.9.